The van der Waals surface area contributed by atoms with Crippen molar-refractivity contribution in [2.24, 2.45) is 0 Å². The fourth-order valence-corrected chi connectivity index (χ4v) is 2.67. The summed E-state index contributed by atoms with van der Waals surface area (Å²) in [6.45, 7) is 2.44. The molecule has 126 valence electrons. The van der Waals surface area contributed by atoms with Gasteiger partial charge in [0.25, 0.3) is 0 Å². The van der Waals surface area contributed by atoms with Crippen molar-refractivity contribution < 1.29 is 9.18 Å². The van der Waals surface area contributed by atoms with Crippen LogP contribution in [0.15, 0.2) is 73.1 Å². The number of rotatable bonds is 5. The molecular formula is C21H19FN2O. The van der Waals surface area contributed by atoms with Crippen LogP contribution in [0.3, 0.4) is 0 Å². The third kappa shape index (κ3) is 4.51. The smallest absolute Gasteiger partial charge is 0.231 e. The molecule has 2 aromatic carbocycles. The minimum atomic E-state index is -0.304. The normalized spacial score (nSPS) is 10.5. The van der Waals surface area contributed by atoms with Gasteiger partial charge in [0, 0.05) is 18.1 Å². The molecule has 3 nitrogen and oxygen atoms in total. The number of aromatic nitrogens is 1. The molecule has 0 bridgehead atoms. The highest BCUT2D eigenvalue weighted by Crippen LogP contribution is 2.20. The van der Waals surface area contributed by atoms with Crippen LogP contribution in [0.2, 0.25) is 0 Å². The number of halogens is 1. The van der Waals surface area contributed by atoms with Crippen LogP contribution in [-0.4, -0.2) is 10.9 Å². The summed E-state index contributed by atoms with van der Waals surface area (Å²) in [5, 5.41) is 0. The first-order valence-corrected chi connectivity index (χ1v) is 8.12. The Balaban J connectivity index is 1.87. The zero-order chi connectivity index (χ0) is 17.6. The number of pyridine rings is 1. The first kappa shape index (κ1) is 16.8. The largest absolute Gasteiger partial charge is 0.308 e. The molecule has 3 rings (SSSR count). The third-order valence-electron chi connectivity index (χ3n) is 3.95. The summed E-state index contributed by atoms with van der Waals surface area (Å²) in [4.78, 5) is 18.8. The molecular weight excluding hydrogens is 315 g/mol. The molecule has 0 atom stereocenters. The van der Waals surface area contributed by atoms with Gasteiger partial charge >= 0.3 is 0 Å². The van der Waals surface area contributed by atoms with Gasteiger partial charge in [0.2, 0.25) is 5.91 Å². The fourth-order valence-electron chi connectivity index (χ4n) is 2.67. The summed E-state index contributed by atoms with van der Waals surface area (Å²) in [6.07, 6.45) is 3.68. The molecule has 0 unspecified atom stereocenters. The van der Waals surface area contributed by atoms with Crippen LogP contribution in [0.25, 0.3) is 0 Å². The first-order chi connectivity index (χ1) is 12.1. The van der Waals surface area contributed by atoms with Gasteiger partial charge in [-0.1, -0.05) is 30.3 Å². The Bertz CT molecular complexity index is 847. The highest BCUT2D eigenvalue weighted by atomic mass is 19.1. The Morgan fingerprint density at radius 1 is 1.04 bits per heavy atom. The van der Waals surface area contributed by atoms with E-state index in [9.17, 15) is 9.18 Å². The minimum absolute atomic E-state index is 0.0407. The Kier molecular flexibility index (Phi) is 5.19. The van der Waals surface area contributed by atoms with Gasteiger partial charge in [-0.15, -0.1) is 0 Å². The van der Waals surface area contributed by atoms with E-state index in [1.165, 1.54) is 12.1 Å². The lowest BCUT2D eigenvalue weighted by molar-refractivity contribution is -0.118. The van der Waals surface area contributed by atoms with E-state index in [2.05, 4.69) is 4.98 Å². The topological polar surface area (TPSA) is 33.2 Å². The molecule has 0 spiro atoms. The molecule has 1 heterocycles. The molecule has 1 amide bonds. The molecule has 0 N–H and O–H groups in total. The number of aryl methyl sites for hydroxylation is 1. The molecule has 0 aliphatic rings. The second-order valence-electron chi connectivity index (χ2n) is 5.98. The van der Waals surface area contributed by atoms with Crippen LogP contribution in [0, 0.1) is 12.7 Å². The zero-order valence-electron chi connectivity index (χ0n) is 14.0. The van der Waals surface area contributed by atoms with Crippen LogP contribution in [0.4, 0.5) is 10.1 Å². The van der Waals surface area contributed by atoms with E-state index in [0.29, 0.717) is 6.54 Å². The Labute approximate surface area is 146 Å². The fraction of sp³-hybridized carbons (Fsp3) is 0.143. The van der Waals surface area contributed by atoms with Crippen molar-refractivity contribution in [2.75, 3.05) is 4.90 Å². The second-order valence-corrected chi connectivity index (χ2v) is 5.98. The summed E-state index contributed by atoms with van der Waals surface area (Å²) in [5.74, 6) is -0.344. The van der Waals surface area contributed by atoms with Crippen molar-refractivity contribution in [1.29, 1.82) is 0 Å². The second kappa shape index (κ2) is 7.71. The molecule has 4 heteroatoms. The number of amides is 1. The van der Waals surface area contributed by atoms with Crippen LogP contribution in [0.5, 0.6) is 0 Å². The van der Waals surface area contributed by atoms with Crippen LogP contribution < -0.4 is 4.90 Å². The summed E-state index contributed by atoms with van der Waals surface area (Å²) in [5.41, 5.74) is 3.67. The average Bonchev–Trinajstić information content (AvgIpc) is 2.62. The summed E-state index contributed by atoms with van der Waals surface area (Å²) in [7, 11) is 0. The molecule has 25 heavy (non-hydrogen) atoms. The van der Waals surface area contributed by atoms with E-state index in [1.54, 1.807) is 29.4 Å². The Hall–Kier alpha value is -3.01. The number of nitrogens with zero attached hydrogens (tertiary/aromatic N) is 2. The maximum absolute atomic E-state index is 13.1. The average molecular weight is 334 g/mol. The van der Waals surface area contributed by atoms with Crippen molar-refractivity contribution in [1.82, 2.24) is 4.98 Å². The molecule has 1 aromatic heterocycles. The summed E-state index contributed by atoms with van der Waals surface area (Å²) in [6, 6.07) is 17.7. The molecule has 0 fully saturated rings. The highest BCUT2D eigenvalue weighted by molar-refractivity contribution is 5.94. The molecule has 3 aromatic rings. The van der Waals surface area contributed by atoms with Gasteiger partial charge in [0.1, 0.15) is 5.82 Å². The quantitative estimate of drug-likeness (QED) is 0.697. The van der Waals surface area contributed by atoms with Gasteiger partial charge in [-0.3, -0.25) is 9.78 Å². The van der Waals surface area contributed by atoms with Gasteiger partial charge < -0.3 is 4.90 Å². The van der Waals surface area contributed by atoms with Gasteiger partial charge in [-0.25, -0.2) is 4.39 Å². The van der Waals surface area contributed by atoms with Gasteiger partial charge in [0.05, 0.1) is 13.0 Å². The highest BCUT2D eigenvalue weighted by Gasteiger charge is 2.17. The van der Waals surface area contributed by atoms with E-state index in [-0.39, 0.29) is 18.1 Å². The van der Waals surface area contributed by atoms with E-state index in [0.717, 1.165) is 22.4 Å². The first-order valence-electron chi connectivity index (χ1n) is 8.12. The molecule has 0 aliphatic carbocycles. The van der Waals surface area contributed by atoms with E-state index >= 15 is 0 Å². The maximum Gasteiger partial charge on any atom is 0.231 e. The Morgan fingerprint density at radius 3 is 2.52 bits per heavy atom. The van der Waals surface area contributed by atoms with Crippen molar-refractivity contribution in [3.8, 4) is 0 Å². The van der Waals surface area contributed by atoms with Crippen molar-refractivity contribution in [3.63, 3.8) is 0 Å². The van der Waals surface area contributed by atoms with Crippen LogP contribution in [0.1, 0.15) is 16.7 Å². The predicted octanol–water partition coefficient (Wildman–Crippen LogP) is 4.31. The monoisotopic (exact) mass is 334 g/mol. The number of carbonyl (C=O) groups is 1. The SMILES string of the molecule is Cc1cccc(N(Cc2cccnc2)C(=O)Cc2ccc(F)cc2)c1. The van der Waals surface area contributed by atoms with Crippen molar-refractivity contribution in [3.05, 3.63) is 95.6 Å². The van der Waals surface area contributed by atoms with Crippen molar-refractivity contribution in [2.45, 2.75) is 19.9 Å². The van der Waals surface area contributed by atoms with Crippen LogP contribution >= 0.6 is 0 Å². The maximum atomic E-state index is 13.1. The standard InChI is InChI=1S/C21H19FN2O/c1-16-4-2-6-20(12-16)24(15-18-5-3-11-23-14-18)21(25)13-17-7-9-19(22)10-8-17/h2-12,14H,13,15H2,1H3. The lowest BCUT2D eigenvalue weighted by atomic mass is 10.1. The number of hydrogen-bond acceptors (Lipinski definition) is 2. The number of benzene rings is 2. The van der Waals surface area contributed by atoms with Gasteiger partial charge in [-0.05, 0) is 53.9 Å². The zero-order valence-corrected chi connectivity index (χ0v) is 14.0. The number of anilines is 1. The van der Waals surface area contributed by atoms with E-state index in [4.69, 9.17) is 0 Å². The van der Waals surface area contributed by atoms with Gasteiger partial charge in [-0.2, -0.15) is 0 Å². The molecule has 0 radical (unpaired) electrons. The molecule has 0 saturated heterocycles. The van der Waals surface area contributed by atoms with Crippen LogP contribution in [-0.2, 0) is 17.8 Å². The lowest BCUT2D eigenvalue weighted by Gasteiger charge is -2.23. The van der Waals surface area contributed by atoms with E-state index < -0.39 is 0 Å². The summed E-state index contributed by atoms with van der Waals surface area (Å²) < 4.78 is 13.1. The molecule has 0 saturated carbocycles. The number of carbonyl (C=O) groups excluding carboxylic acids is 1. The van der Waals surface area contributed by atoms with E-state index in [1.807, 2.05) is 43.3 Å². The number of hydrogen-bond donors (Lipinski definition) is 0. The predicted molar refractivity (Wildman–Crippen MR) is 96.7 cm³/mol. The Morgan fingerprint density at radius 2 is 1.84 bits per heavy atom. The van der Waals surface area contributed by atoms with Crippen molar-refractivity contribution >= 4 is 11.6 Å². The van der Waals surface area contributed by atoms with Gasteiger partial charge in [0.15, 0.2) is 0 Å². The minimum Gasteiger partial charge on any atom is -0.308 e. The molecule has 0 aliphatic heterocycles. The third-order valence-corrected chi connectivity index (χ3v) is 3.95. The lowest BCUT2D eigenvalue weighted by Crippen LogP contribution is -2.31. The summed E-state index contributed by atoms with van der Waals surface area (Å²) >= 11 is 0.